The van der Waals surface area contributed by atoms with Crippen LogP contribution in [0.25, 0.3) is 0 Å². The third-order valence-electron chi connectivity index (χ3n) is 5.65. The Kier molecular flexibility index (Phi) is 9.51. The van der Waals surface area contributed by atoms with Crippen LogP contribution in [0.5, 0.6) is 5.75 Å². The van der Waals surface area contributed by atoms with E-state index in [1.54, 1.807) is 0 Å². The Morgan fingerprint density at radius 3 is 2.45 bits per heavy atom. The van der Waals surface area contributed by atoms with Gasteiger partial charge in [0.2, 0.25) is 5.95 Å². The maximum Gasteiger partial charge on any atom is 0.222 e. The number of nitrogens with zero attached hydrogens (tertiary/aromatic N) is 3. The van der Waals surface area contributed by atoms with Crippen LogP contribution in [0.1, 0.15) is 48.6 Å². The number of hydrogen-bond acceptors (Lipinski definition) is 6. The number of benzene rings is 2. The molecule has 0 aliphatic rings. The van der Waals surface area contributed by atoms with Crippen molar-refractivity contribution in [3.63, 3.8) is 0 Å². The molecule has 0 amide bonds. The van der Waals surface area contributed by atoms with E-state index in [1.807, 2.05) is 25.1 Å². The SMILES string of the molecule is CCCCCNc1nc(N)nc(C)c1Cc1ccc(OCCN(C)Cc2ccccc2)cc1. The van der Waals surface area contributed by atoms with E-state index in [4.69, 9.17) is 10.5 Å². The van der Waals surface area contributed by atoms with E-state index < -0.39 is 0 Å². The van der Waals surface area contributed by atoms with Gasteiger partial charge < -0.3 is 15.8 Å². The monoisotopic (exact) mass is 447 g/mol. The Balaban J connectivity index is 1.53. The first-order valence-electron chi connectivity index (χ1n) is 11.9. The number of nitrogen functional groups attached to an aromatic ring is 1. The highest BCUT2D eigenvalue weighted by molar-refractivity contribution is 5.51. The van der Waals surface area contributed by atoms with Gasteiger partial charge in [-0.25, -0.2) is 4.98 Å². The first-order chi connectivity index (χ1) is 16.0. The predicted molar refractivity (Wildman–Crippen MR) is 137 cm³/mol. The maximum absolute atomic E-state index is 5.96. The summed E-state index contributed by atoms with van der Waals surface area (Å²) in [5.41, 5.74) is 10.4. The van der Waals surface area contributed by atoms with Gasteiger partial charge in [-0.1, -0.05) is 62.2 Å². The third kappa shape index (κ3) is 8.06. The molecular weight excluding hydrogens is 410 g/mol. The van der Waals surface area contributed by atoms with E-state index in [0.29, 0.717) is 12.6 Å². The van der Waals surface area contributed by atoms with E-state index in [0.717, 1.165) is 55.3 Å². The van der Waals surface area contributed by atoms with E-state index >= 15 is 0 Å². The zero-order chi connectivity index (χ0) is 23.5. The molecule has 0 bridgehead atoms. The lowest BCUT2D eigenvalue weighted by molar-refractivity contribution is 0.233. The fraction of sp³-hybridized carbons (Fsp3) is 0.407. The molecule has 0 radical (unpaired) electrons. The Labute approximate surface area is 198 Å². The van der Waals surface area contributed by atoms with E-state index in [2.05, 4.69) is 70.6 Å². The molecule has 3 aromatic rings. The van der Waals surface area contributed by atoms with Gasteiger partial charge in [0.15, 0.2) is 0 Å². The molecule has 3 rings (SSSR count). The zero-order valence-electron chi connectivity index (χ0n) is 20.2. The minimum atomic E-state index is 0.315. The van der Waals surface area contributed by atoms with E-state index in [-0.39, 0.29) is 0 Å². The Morgan fingerprint density at radius 1 is 0.970 bits per heavy atom. The summed E-state index contributed by atoms with van der Waals surface area (Å²) in [7, 11) is 2.12. The van der Waals surface area contributed by atoms with Gasteiger partial charge in [-0.3, -0.25) is 4.90 Å². The van der Waals surface area contributed by atoms with Crippen molar-refractivity contribution in [3.05, 3.63) is 77.0 Å². The van der Waals surface area contributed by atoms with Crippen molar-refractivity contribution in [3.8, 4) is 5.75 Å². The summed E-state index contributed by atoms with van der Waals surface area (Å²) >= 11 is 0. The molecule has 0 aliphatic heterocycles. The Hall–Kier alpha value is -3.12. The normalized spacial score (nSPS) is 11.0. The van der Waals surface area contributed by atoms with Crippen LogP contribution in [0.4, 0.5) is 11.8 Å². The van der Waals surface area contributed by atoms with Crippen LogP contribution in [0.3, 0.4) is 0 Å². The van der Waals surface area contributed by atoms with Crippen LogP contribution < -0.4 is 15.8 Å². The van der Waals surface area contributed by atoms with Crippen LogP contribution in [0.2, 0.25) is 0 Å². The molecule has 3 N–H and O–H groups in total. The standard InChI is InChI=1S/C27H37N5O/c1-4-5-9-16-29-26-25(21(2)30-27(28)31-26)19-22-12-14-24(15-13-22)33-18-17-32(3)20-23-10-7-6-8-11-23/h6-8,10-15H,4-5,9,16-20H2,1-3H3,(H3,28,29,30,31). The predicted octanol–water partition coefficient (Wildman–Crippen LogP) is 5.07. The van der Waals surface area contributed by atoms with E-state index in [1.165, 1.54) is 24.0 Å². The van der Waals surface area contributed by atoms with Crippen molar-refractivity contribution >= 4 is 11.8 Å². The number of rotatable bonds is 13. The van der Waals surface area contributed by atoms with Crippen LogP contribution in [-0.2, 0) is 13.0 Å². The quantitative estimate of drug-likeness (QED) is 0.356. The number of anilines is 2. The molecule has 6 heteroatoms. The van der Waals surface area contributed by atoms with Crippen LogP contribution in [0, 0.1) is 6.92 Å². The van der Waals surface area contributed by atoms with Gasteiger partial charge in [-0.2, -0.15) is 4.98 Å². The average Bonchev–Trinajstić information content (AvgIpc) is 2.80. The minimum Gasteiger partial charge on any atom is -0.492 e. The Morgan fingerprint density at radius 2 is 1.73 bits per heavy atom. The minimum absolute atomic E-state index is 0.315. The third-order valence-corrected chi connectivity index (χ3v) is 5.65. The molecule has 33 heavy (non-hydrogen) atoms. The number of aryl methyl sites for hydroxylation is 1. The van der Waals surface area contributed by atoms with Gasteiger partial charge >= 0.3 is 0 Å². The van der Waals surface area contributed by atoms with Crippen molar-refractivity contribution < 1.29 is 4.74 Å². The summed E-state index contributed by atoms with van der Waals surface area (Å²) in [4.78, 5) is 11.1. The molecular formula is C27H37N5O. The van der Waals surface area contributed by atoms with Crippen LogP contribution >= 0.6 is 0 Å². The number of hydrogen-bond donors (Lipinski definition) is 2. The molecule has 2 aromatic carbocycles. The van der Waals surface area contributed by atoms with Crippen LogP contribution in [0.15, 0.2) is 54.6 Å². The average molecular weight is 448 g/mol. The van der Waals surface area contributed by atoms with Crippen molar-refractivity contribution in [1.82, 2.24) is 14.9 Å². The molecule has 0 saturated heterocycles. The van der Waals surface area contributed by atoms with Crippen LogP contribution in [-0.4, -0.2) is 41.6 Å². The number of ether oxygens (including phenoxy) is 1. The second-order valence-corrected chi connectivity index (χ2v) is 8.52. The summed E-state index contributed by atoms with van der Waals surface area (Å²) in [6.45, 7) is 7.52. The number of unbranched alkanes of at least 4 members (excludes halogenated alkanes) is 2. The summed E-state index contributed by atoms with van der Waals surface area (Å²) < 4.78 is 5.96. The van der Waals surface area contributed by atoms with Crippen molar-refractivity contribution in [2.24, 2.45) is 0 Å². The fourth-order valence-corrected chi connectivity index (χ4v) is 3.76. The lowest BCUT2D eigenvalue weighted by atomic mass is 10.0. The first kappa shape index (κ1) is 24.5. The van der Waals surface area contributed by atoms with Crippen molar-refractivity contribution in [1.29, 1.82) is 0 Å². The summed E-state index contributed by atoms with van der Waals surface area (Å²) in [6.07, 6.45) is 4.26. The van der Waals surface area contributed by atoms with Gasteiger partial charge in [0, 0.05) is 37.3 Å². The lowest BCUT2D eigenvalue weighted by Crippen LogP contribution is -2.23. The van der Waals surface area contributed by atoms with Gasteiger partial charge in [0.05, 0.1) is 0 Å². The number of aromatic nitrogens is 2. The van der Waals surface area contributed by atoms with Gasteiger partial charge in [-0.05, 0) is 43.7 Å². The largest absolute Gasteiger partial charge is 0.492 e. The lowest BCUT2D eigenvalue weighted by Gasteiger charge is -2.17. The topological polar surface area (TPSA) is 76.3 Å². The second kappa shape index (κ2) is 12.8. The molecule has 176 valence electrons. The molecule has 0 fully saturated rings. The molecule has 0 saturated carbocycles. The molecule has 0 unspecified atom stereocenters. The van der Waals surface area contributed by atoms with Crippen molar-refractivity contribution in [2.75, 3.05) is 37.8 Å². The summed E-state index contributed by atoms with van der Waals surface area (Å²) in [5, 5.41) is 3.46. The molecule has 0 atom stereocenters. The van der Waals surface area contributed by atoms with Crippen molar-refractivity contribution in [2.45, 2.75) is 46.1 Å². The number of likely N-dealkylation sites (N-methyl/N-ethyl adjacent to an activating group) is 1. The molecule has 0 spiro atoms. The fourth-order valence-electron chi connectivity index (χ4n) is 3.76. The number of nitrogens with two attached hydrogens (primary N) is 1. The van der Waals surface area contributed by atoms with Gasteiger partial charge in [-0.15, -0.1) is 0 Å². The highest BCUT2D eigenvalue weighted by Gasteiger charge is 2.11. The zero-order valence-corrected chi connectivity index (χ0v) is 20.2. The summed E-state index contributed by atoms with van der Waals surface area (Å²) in [6, 6.07) is 18.8. The summed E-state index contributed by atoms with van der Waals surface area (Å²) in [5.74, 6) is 2.04. The molecule has 0 aliphatic carbocycles. The molecule has 1 aromatic heterocycles. The van der Waals surface area contributed by atoms with E-state index in [9.17, 15) is 0 Å². The Bertz CT molecular complexity index is 976. The number of nitrogens with one attached hydrogen (secondary N) is 1. The first-order valence-corrected chi connectivity index (χ1v) is 11.9. The smallest absolute Gasteiger partial charge is 0.222 e. The molecule has 6 nitrogen and oxygen atoms in total. The molecule has 1 heterocycles. The van der Waals surface area contributed by atoms with Gasteiger partial charge in [0.25, 0.3) is 0 Å². The highest BCUT2D eigenvalue weighted by Crippen LogP contribution is 2.23. The van der Waals surface area contributed by atoms with Gasteiger partial charge in [0.1, 0.15) is 18.2 Å². The second-order valence-electron chi connectivity index (χ2n) is 8.52. The maximum atomic E-state index is 5.96. The highest BCUT2D eigenvalue weighted by atomic mass is 16.5.